The molecule has 27 heavy (non-hydrogen) atoms. The summed E-state index contributed by atoms with van der Waals surface area (Å²) in [6, 6.07) is 2.63. The summed E-state index contributed by atoms with van der Waals surface area (Å²) in [5, 5.41) is 7.13. The number of aromatic nitrogens is 2. The maximum Gasteiger partial charge on any atom is 0.232 e. The predicted molar refractivity (Wildman–Crippen MR) is 113 cm³/mol. The minimum Gasteiger partial charge on any atom is -0.378 e. The van der Waals surface area contributed by atoms with Crippen LogP contribution in [-0.4, -0.2) is 60.5 Å². The quantitative estimate of drug-likeness (QED) is 0.759. The fraction of sp³-hybridized carbons (Fsp3) is 0.737. The summed E-state index contributed by atoms with van der Waals surface area (Å²) in [4.78, 5) is 14.2. The average Bonchev–Trinajstić information content (AvgIpc) is 3.45. The second-order valence-corrected chi connectivity index (χ2v) is 8.64. The van der Waals surface area contributed by atoms with Crippen LogP contribution < -0.4 is 20.4 Å². The summed E-state index contributed by atoms with van der Waals surface area (Å²) in [5.74, 6) is 3.86. The van der Waals surface area contributed by atoms with E-state index in [2.05, 4.69) is 40.3 Å². The highest BCUT2D eigenvalue weighted by Crippen LogP contribution is 2.28. The third-order valence-electron chi connectivity index (χ3n) is 5.36. The molecule has 2 aliphatic heterocycles. The molecule has 1 aliphatic carbocycles. The Bertz CT molecular complexity index is 666. The van der Waals surface area contributed by atoms with Crippen LogP contribution in [0.5, 0.6) is 0 Å². The van der Waals surface area contributed by atoms with Gasteiger partial charge in [-0.2, -0.15) is 9.97 Å². The highest BCUT2D eigenvalue weighted by atomic mass is 32.1. The molecule has 1 saturated carbocycles. The van der Waals surface area contributed by atoms with Crippen LogP contribution in [0.15, 0.2) is 6.07 Å². The number of morpholine rings is 1. The Labute approximate surface area is 166 Å². The maximum absolute atomic E-state index is 5.50. The normalized spacial score (nSPS) is 26.0. The first-order chi connectivity index (χ1) is 13.1. The fourth-order valence-electron chi connectivity index (χ4n) is 4.00. The molecule has 0 aromatic carbocycles. The van der Waals surface area contributed by atoms with Gasteiger partial charge in [-0.05, 0) is 43.3 Å². The van der Waals surface area contributed by atoms with Gasteiger partial charge in [0.1, 0.15) is 11.6 Å². The van der Waals surface area contributed by atoms with Crippen LogP contribution >= 0.6 is 12.2 Å². The largest absolute Gasteiger partial charge is 0.378 e. The molecule has 148 valence electrons. The fourth-order valence-corrected chi connectivity index (χ4v) is 4.25. The van der Waals surface area contributed by atoms with E-state index in [9.17, 15) is 0 Å². The van der Waals surface area contributed by atoms with E-state index in [1.165, 1.54) is 19.3 Å². The zero-order chi connectivity index (χ0) is 18.8. The molecule has 4 rings (SSSR count). The number of ether oxygens (including phenoxy) is 1. The summed E-state index contributed by atoms with van der Waals surface area (Å²) >= 11 is 5.44. The summed E-state index contributed by atoms with van der Waals surface area (Å²) in [7, 11) is 0. The van der Waals surface area contributed by atoms with E-state index in [0.29, 0.717) is 28.9 Å². The minimum absolute atomic E-state index is 0.510. The number of rotatable bonds is 4. The standard InChI is InChI=1S/C19H30N6OS/c1-13-9-14(2)12-25(11-13)17-10-16(24-5-7-26-8-6-24)21-18(22-17)23-19(27)20-15-3-4-15/h10,13-15H,3-9,11-12H2,1-2H3,(H2,20,21,22,23,27)/t13-,14-/m1/s1. The van der Waals surface area contributed by atoms with Gasteiger partial charge in [0.2, 0.25) is 5.95 Å². The van der Waals surface area contributed by atoms with E-state index in [0.717, 1.165) is 51.0 Å². The molecular weight excluding hydrogens is 360 g/mol. The van der Waals surface area contributed by atoms with Crippen molar-refractivity contribution in [1.29, 1.82) is 0 Å². The van der Waals surface area contributed by atoms with Crippen molar-refractivity contribution in [2.24, 2.45) is 11.8 Å². The van der Waals surface area contributed by atoms with Gasteiger partial charge >= 0.3 is 0 Å². The molecule has 0 bridgehead atoms. The molecule has 1 aromatic heterocycles. The molecule has 0 amide bonds. The van der Waals surface area contributed by atoms with E-state index in [4.69, 9.17) is 26.9 Å². The van der Waals surface area contributed by atoms with Crippen LogP contribution in [0.3, 0.4) is 0 Å². The Morgan fingerprint density at radius 1 is 1.07 bits per heavy atom. The van der Waals surface area contributed by atoms with Crippen LogP contribution in [0.1, 0.15) is 33.1 Å². The highest BCUT2D eigenvalue weighted by molar-refractivity contribution is 7.80. The molecule has 0 radical (unpaired) electrons. The van der Waals surface area contributed by atoms with Crippen LogP contribution in [0, 0.1) is 11.8 Å². The first-order valence-corrected chi connectivity index (χ1v) is 10.5. The van der Waals surface area contributed by atoms with E-state index in [1.54, 1.807) is 0 Å². The van der Waals surface area contributed by atoms with Crippen molar-refractivity contribution in [1.82, 2.24) is 15.3 Å². The van der Waals surface area contributed by atoms with E-state index < -0.39 is 0 Å². The molecule has 0 unspecified atom stereocenters. The van der Waals surface area contributed by atoms with Gasteiger partial charge in [0, 0.05) is 38.3 Å². The number of anilines is 3. The second-order valence-electron chi connectivity index (χ2n) is 8.23. The van der Waals surface area contributed by atoms with Crippen LogP contribution in [0.2, 0.25) is 0 Å². The van der Waals surface area contributed by atoms with Crippen molar-refractivity contribution in [3.8, 4) is 0 Å². The second kappa shape index (κ2) is 8.14. The summed E-state index contributed by atoms with van der Waals surface area (Å²) in [6.45, 7) is 9.90. The zero-order valence-corrected chi connectivity index (χ0v) is 17.1. The third kappa shape index (κ3) is 4.99. The van der Waals surface area contributed by atoms with Gasteiger partial charge < -0.3 is 25.2 Å². The topological polar surface area (TPSA) is 65.6 Å². The summed E-state index contributed by atoms with van der Waals surface area (Å²) < 4.78 is 5.50. The SMILES string of the molecule is C[C@@H]1C[C@@H](C)CN(c2cc(N3CCOCC3)nc(NC(=S)NC3CC3)n2)C1. The van der Waals surface area contributed by atoms with Gasteiger partial charge in [0.05, 0.1) is 13.2 Å². The van der Waals surface area contributed by atoms with Crippen molar-refractivity contribution in [2.75, 3.05) is 54.5 Å². The van der Waals surface area contributed by atoms with E-state index in [-0.39, 0.29) is 0 Å². The summed E-state index contributed by atoms with van der Waals surface area (Å²) in [6.07, 6.45) is 3.65. The minimum atomic E-state index is 0.510. The Kier molecular flexibility index (Phi) is 5.63. The molecule has 2 atom stereocenters. The van der Waals surface area contributed by atoms with E-state index >= 15 is 0 Å². The molecule has 3 heterocycles. The maximum atomic E-state index is 5.50. The summed E-state index contributed by atoms with van der Waals surface area (Å²) in [5.41, 5.74) is 0. The lowest BCUT2D eigenvalue weighted by Gasteiger charge is -2.36. The molecule has 3 aliphatic rings. The Morgan fingerprint density at radius 3 is 2.33 bits per heavy atom. The third-order valence-corrected chi connectivity index (χ3v) is 5.58. The number of hydrogen-bond donors (Lipinski definition) is 2. The Hall–Kier alpha value is -1.67. The van der Waals surface area contributed by atoms with Crippen LogP contribution in [0.4, 0.5) is 17.6 Å². The molecular formula is C19H30N6OS. The first-order valence-electron chi connectivity index (χ1n) is 10.1. The van der Waals surface area contributed by atoms with Gasteiger partial charge in [-0.1, -0.05) is 13.8 Å². The molecule has 8 heteroatoms. The van der Waals surface area contributed by atoms with Crippen molar-refractivity contribution in [2.45, 2.75) is 39.2 Å². The molecule has 2 saturated heterocycles. The lowest BCUT2D eigenvalue weighted by atomic mass is 9.92. The van der Waals surface area contributed by atoms with Crippen LogP contribution in [-0.2, 0) is 4.74 Å². The van der Waals surface area contributed by atoms with Gasteiger partial charge in [-0.25, -0.2) is 0 Å². The smallest absolute Gasteiger partial charge is 0.232 e. The lowest BCUT2D eigenvalue weighted by molar-refractivity contribution is 0.122. The number of thiocarbonyl (C=S) groups is 1. The van der Waals surface area contributed by atoms with Gasteiger partial charge in [0.15, 0.2) is 5.11 Å². The number of hydrogen-bond acceptors (Lipinski definition) is 6. The lowest BCUT2D eigenvalue weighted by Crippen LogP contribution is -2.40. The van der Waals surface area contributed by atoms with Crippen molar-refractivity contribution >= 4 is 34.9 Å². The van der Waals surface area contributed by atoms with Crippen molar-refractivity contribution in [3.05, 3.63) is 6.07 Å². The Balaban J connectivity index is 1.57. The van der Waals surface area contributed by atoms with Crippen molar-refractivity contribution in [3.63, 3.8) is 0 Å². The monoisotopic (exact) mass is 390 g/mol. The predicted octanol–water partition coefficient (Wildman–Crippen LogP) is 2.24. The molecule has 0 spiro atoms. The molecule has 1 aromatic rings. The van der Waals surface area contributed by atoms with Crippen LogP contribution in [0.25, 0.3) is 0 Å². The van der Waals surface area contributed by atoms with Gasteiger partial charge in [-0.15, -0.1) is 0 Å². The van der Waals surface area contributed by atoms with E-state index in [1.807, 2.05) is 0 Å². The number of piperidine rings is 1. The number of nitrogens with one attached hydrogen (secondary N) is 2. The molecule has 2 N–H and O–H groups in total. The molecule has 7 nitrogen and oxygen atoms in total. The number of nitrogens with zero attached hydrogens (tertiary/aromatic N) is 4. The zero-order valence-electron chi connectivity index (χ0n) is 16.3. The first kappa shape index (κ1) is 18.7. The highest BCUT2D eigenvalue weighted by Gasteiger charge is 2.26. The van der Waals surface area contributed by atoms with Crippen molar-refractivity contribution < 1.29 is 4.74 Å². The Morgan fingerprint density at radius 2 is 1.70 bits per heavy atom. The van der Waals surface area contributed by atoms with Gasteiger partial charge in [-0.3, -0.25) is 0 Å². The average molecular weight is 391 g/mol. The molecule has 3 fully saturated rings. The van der Waals surface area contributed by atoms with Gasteiger partial charge in [0.25, 0.3) is 0 Å².